The molecule has 4 nitrogen and oxygen atoms in total. The maximum atomic E-state index is 12.5. The number of hydrogen-bond donors (Lipinski definition) is 0. The van der Waals surface area contributed by atoms with Gasteiger partial charge < -0.3 is 9.80 Å². The van der Waals surface area contributed by atoms with Gasteiger partial charge in [0.25, 0.3) is 5.91 Å². The van der Waals surface area contributed by atoms with E-state index in [9.17, 15) is 9.59 Å². The van der Waals surface area contributed by atoms with Gasteiger partial charge in [-0.1, -0.05) is 0 Å². The van der Waals surface area contributed by atoms with Gasteiger partial charge in [-0.25, -0.2) is 0 Å². The maximum absolute atomic E-state index is 12.5. The van der Waals surface area contributed by atoms with Crippen LogP contribution in [0.1, 0.15) is 36.0 Å². The predicted molar refractivity (Wildman–Crippen MR) is 76.6 cm³/mol. The fourth-order valence-electron chi connectivity index (χ4n) is 3.55. The molecule has 0 bridgehead atoms. The van der Waals surface area contributed by atoms with E-state index in [0.717, 1.165) is 31.0 Å². The molecule has 20 heavy (non-hydrogen) atoms. The second-order valence-electron chi connectivity index (χ2n) is 6.13. The summed E-state index contributed by atoms with van der Waals surface area (Å²) in [6.07, 6.45) is 3.99. The van der Waals surface area contributed by atoms with E-state index in [4.69, 9.17) is 0 Å². The standard InChI is InChI=1S/C15H18N2O2S/c18-14-7-13-12(17(14)8-10-1-2-10)3-5-16(13)15(19)11-4-6-20-9-11/h4,6,9-10,12-13H,1-3,5,7-8H2/t12-,13-/m1/s1. The molecule has 5 heteroatoms. The van der Waals surface area contributed by atoms with Crippen molar-refractivity contribution in [3.05, 3.63) is 22.4 Å². The molecule has 1 aromatic heterocycles. The highest BCUT2D eigenvalue weighted by Gasteiger charge is 2.49. The molecule has 0 radical (unpaired) electrons. The SMILES string of the molecule is O=C1C[C@@H]2[C@@H](CCN2C(=O)c2ccsc2)N1CC1CC1. The van der Waals surface area contributed by atoms with Crippen LogP contribution in [-0.4, -0.2) is 46.8 Å². The van der Waals surface area contributed by atoms with E-state index in [-0.39, 0.29) is 23.9 Å². The highest BCUT2D eigenvalue weighted by atomic mass is 32.1. The summed E-state index contributed by atoms with van der Waals surface area (Å²) in [6, 6.07) is 2.25. The maximum Gasteiger partial charge on any atom is 0.255 e. The number of fused-ring (bicyclic) bond motifs is 1. The number of rotatable bonds is 3. The summed E-state index contributed by atoms with van der Waals surface area (Å²) in [7, 11) is 0. The molecule has 2 amide bonds. The van der Waals surface area contributed by atoms with Gasteiger partial charge in [-0.05, 0) is 36.6 Å². The summed E-state index contributed by atoms with van der Waals surface area (Å²) in [6.45, 7) is 1.71. The normalized spacial score (nSPS) is 29.1. The predicted octanol–water partition coefficient (Wildman–Crippen LogP) is 1.97. The first kappa shape index (κ1) is 12.4. The summed E-state index contributed by atoms with van der Waals surface area (Å²) in [5.74, 6) is 1.06. The van der Waals surface area contributed by atoms with Crippen LogP contribution in [0.25, 0.3) is 0 Å². The highest BCUT2D eigenvalue weighted by Crippen LogP contribution is 2.37. The molecule has 2 aliphatic heterocycles. The average molecular weight is 290 g/mol. The molecule has 3 aliphatic rings. The van der Waals surface area contributed by atoms with Gasteiger partial charge in [-0.15, -0.1) is 0 Å². The molecule has 0 unspecified atom stereocenters. The number of carbonyl (C=O) groups excluding carboxylic acids is 2. The van der Waals surface area contributed by atoms with Crippen LogP contribution in [0.5, 0.6) is 0 Å². The molecule has 1 aromatic rings. The first-order valence-corrected chi connectivity index (χ1v) is 8.31. The molecular weight excluding hydrogens is 272 g/mol. The fraction of sp³-hybridized carbons (Fsp3) is 0.600. The minimum atomic E-state index is 0.0971. The topological polar surface area (TPSA) is 40.6 Å². The first-order chi connectivity index (χ1) is 9.74. The van der Waals surface area contributed by atoms with Crippen LogP contribution in [0, 0.1) is 5.92 Å². The van der Waals surface area contributed by atoms with Crippen molar-refractivity contribution in [3.8, 4) is 0 Å². The quantitative estimate of drug-likeness (QED) is 0.854. The van der Waals surface area contributed by atoms with Gasteiger partial charge >= 0.3 is 0 Å². The molecule has 2 saturated heterocycles. The Balaban J connectivity index is 1.52. The van der Waals surface area contributed by atoms with Gasteiger partial charge in [-0.3, -0.25) is 9.59 Å². The monoisotopic (exact) mass is 290 g/mol. The lowest BCUT2D eigenvalue weighted by molar-refractivity contribution is -0.129. The molecule has 3 fully saturated rings. The Bertz CT molecular complexity index is 538. The van der Waals surface area contributed by atoms with Gasteiger partial charge in [-0.2, -0.15) is 11.3 Å². The van der Waals surface area contributed by atoms with Crippen LogP contribution in [-0.2, 0) is 4.79 Å². The summed E-state index contributed by atoms with van der Waals surface area (Å²) in [4.78, 5) is 28.7. The van der Waals surface area contributed by atoms with Crippen LogP contribution in [0.15, 0.2) is 16.8 Å². The largest absolute Gasteiger partial charge is 0.337 e. The van der Waals surface area contributed by atoms with Crippen molar-refractivity contribution in [2.45, 2.75) is 37.8 Å². The van der Waals surface area contributed by atoms with Crippen molar-refractivity contribution in [3.63, 3.8) is 0 Å². The van der Waals surface area contributed by atoms with Crippen molar-refractivity contribution < 1.29 is 9.59 Å². The van der Waals surface area contributed by atoms with E-state index in [1.165, 1.54) is 12.8 Å². The van der Waals surface area contributed by atoms with Gasteiger partial charge in [0, 0.05) is 24.9 Å². The molecule has 1 saturated carbocycles. The molecule has 4 rings (SSSR count). The van der Waals surface area contributed by atoms with Gasteiger partial charge in [0.05, 0.1) is 17.6 Å². The Morgan fingerprint density at radius 3 is 2.85 bits per heavy atom. The second kappa shape index (κ2) is 4.58. The van der Waals surface area contributed by atoms with Crippen molar-refractivity contribution in [2.75, 3.05) is 13.1 Å². The molecule has 3 heterocycles. The highest BCUT2D eigenvalue weighted by molar-refractivity contribution is 7.08. The lowest BCUT2D eigenvalue weighted by atomic mass is 10.1. The minimum Gasteiger partial charge on any atom is -0.337 e. The Morgan fingerprint density at radius 1 is 1.30 bits per heavy atom. The third-order valence-electron chi connectivity index (χ3n) is 4.80. The van der Waals surface area contributed by atoms with Gasteiger partial charge in [0.15, 0.2) is 0 Å². The number of hydrogen-bond acceptors (Lipinski definition) is 3. The zero-order chi connectivity index (χ0) is 13.7. The van der Waals surface area contributed by atoms with E-state index in [1.54, 1.807) is 11.3 Å². The fourth-order valence-corrected chi connectivity index (χ4v) is 4.18. The van der Waals surface area contributed by atoms with E-state index in [0.29, 0.717) is 6.42 Å². The van der Waals surface area contributed by atoms with E-state index in [2.05, 4.69) is 4.90 Å². The molecule has 0 aromatic carbocycles. The van der Waals surface area contributed by atoms with Crippen LogP contribution in [0.3, 0.4) is 0 Å². The van der Waals surface area contributed by atoms with Crippen LogP contribution in [0.4, 0.5) is 0 Å². The number of carbonyl (C=O) groups is 2. The van der Waals surface area contributed by atoms with Crippen LogP contribution >= 0.6 is 11.3 Å². The second-order valence-corrected chi connectivity index (χ2v) is 6.91. The Labute approximate surface area is 122 Å². The summed E-state index contributed by atoms with van der Waals surface area (Å²) in [5.41, 5.74) is 0.767. The third-order valence-corrected chi connectivity index (χ3v) is 5.48. The zero-order valence-corrected chi connectivity index (χ0v) is 12.1. The first-order valence-electron chi connectivity index (χ1n) is 7.36. The molecule has 106 valence electrons. The van der Waals surface area contributed by atoms with E-state index < -0.39 is 0 Å². The third kappa shape index (κ3) is 1.95. The van der Waals surface area contributed by atoms with E-state index in [1.807, 2.05) is 21.7 Å². The summed E-state index contributed by atoms with van der Waals surface area (Å²) >= 11 is 1.54. The Kier molecular flexibility index (Phi) is 2.84. The number of thiophene rings is 1. The van der Waals surface area contributed by atoms with Crippen LogP contribution in [0.2, 0.25) is 0 Å². The number of likely N-dealkylation sites (tertiary alicyclic amines) is 2. The van der Waals surface area contributed by atoms with Gasteiger partial charge in [0.1, 0.15) is 0 Å². The van der Waals surface area contributed by atoms with Crippen molar-refractivity contribution in [1.82, 2.24) is 9.80 Å². The smallest absolute Gasteiger partial charge is 0.255 e. The molecule has 1 aliphatic carbocycles. The summed E-state index contributed by atoms with van der Waals surface area (Å²) < 4.78 is 0. The average Bonchev–Trinajstić information content (AvgIpc) is 2.87. The van der Waals surface area contributed by atoms with Crippen LogP contribution < -0.4 is 0 Å². The zero-order valence-electron chi connectivity index (χ0n) is 11.3. The van der Waals surface area contributed by atoms with Gasteiger partial charge in [0.2, 0.25) is 5.91 Å². The molecule has 0 spiro atoms. The molecule has 2 atom stereocenters. The lowest BCUT2D eigenvalue weighted by Gasteiger charge is -2.25. The van der Waals surface area contributed by atoms with Crippen molar-refractivity contribution in [1.29, 1.82) is 0 Å². The Hall–Kier alpha value is -1.36. The van der Waals surface area contributed by atoms with Crippen molar-refractivity contribution >= 4 is 23.2 Å². The number of nitrogens with zero attached hydrogens (tertiary/aromatic N) is 2. The molecule has 0 N–H and O–H groups in total. The van der Waals surface area contributed by atoms with E-state index >= 15 is 0 Å². The minimum absolute atomic E-state index is 0.0971. The Morgan fingerprint density at radius 2 is 2.15 bits per heavy atom. The summed E-state index contributed by atoms with van der Waals surface area (Å²) in [5, 5.41) is 3.83. The van der Waals surface area contributed by atoms with Crippen molar-refractivity contribution in [2.24, 2.45) is 5.92 Å². The lowest BCUT2D eigenvalue weighted by Crippen LogP contribution is -2.40. The number of amides is 2. The molecular formula is C15H18N2O2S.